The summed E-state index contributed by atoms with van der Waals surface area (Å²) in [4.78, 5) is 10.6. The third-order valence-corrected chi connectivity index (χ3v) is 2.70. The highest BCUT2D eigenvalue weighted by atomic mass is 35.5. The molecule has 1 aromatic heterocycles. The van der Waals surface area contributed by atoms with Crippen LogP contribution in [0.2, 0.25) is 10.0 Å². The number of carboxylic acids is 1. The lowest BCUT2D eigenvalue weighted by atomic mass is 10.3. The molecule has 0 saturated heterocycles. The molecule has 6 heteroatoms. The number of halogens is 2. The zero-order valence-corrected chi connectivity index (χ0v) is 10.5. The predicted molar refractivity (Wildman–Crippen MR) is 66.5 cm³/mol. The molecule has 1 heterocycles. The molecule has 0 aliphatic heterocycles. The molecule has 1 aromatic carbocycles. The fraction of sp³-hybridized carbons (Fsp3) is 0.0833. The van der Waals surface area contributed by atoms with E-state index in [1.165, 1.54) is 6.07 Å². The van der Waals surface area contributed by atoms with Crippen molar-refractivity contribution in [1.29, 1.82) is 0 Å². The summed E-state index contributed by atoms with van der Waals surface area (Å²) in [6, 6.07) is 6.23. The molecule has 0 radical (unpaired) electrons. The number of ether oxygens (including phenoxy) is 1. The Bertz CT molecular complexity index is 577. The highest BCUT2D eigenvalue weighted by molar-refractivity contribution is 6.35. The van der Waals surface area contributed by atoms with E-state index in [0.717, 1.165) is 6.26 Å². The molecule has 0 bridgehead atoms. The molecule has 94 valence electrons. The van der Waals surface area contributed by atoms with Crippen molar-refractivity contribution in [3.8, 4) is 5.75 Å². The van der Waals surface area contributed by atoms with Crippen LogP contribution in [0.4, 0.5) is 0 Å². The Hall–Kier alpha value is -1.65. The molecule has 0 aliphatic carbocycles. The summed E-state index contributed by atoms with van der Waals surface area (Å²) in [7, 11) is 0. The highest BCUT2D eigenvalue weighted by Crippen LogP contribution is 2.28. The number of carboxylic acid groups (broad SMARTS) is 1. The summed E-state index contributed by atoms with van der Waals surface area (Å²) in [6.07, 6.45) is 1.16. The third kappa shape index (κ3) is 2.97. The van der Waals surface area contributed by atoms with Gasteiger partial charge in [0, 0.05) is 5.02 Å². The average Bonchev–Trinajstić information content (AvgIpc) is 2.76. The fourth-order valence-electron chi connectivity index (χ4n) is 1.31. The Kier molecular flexibility index (Phi) is 3.79. The van der Waals surface area contributed by atoms with E-state index < -0.39 is 5.97 Å². The number of aromatic carboxylic acids is 1. The van der Waals surface area contributed by atoms with Gasteiger partial charge in [-0.2, -0.15) is 0 Å². The monoisotopic (exact) mass is 286 g/mol. The minimum atomic E-state index is -1.05. The van der Waals surface area contributed by atoms with Gasteiger partial charge in [0.25, 0.3) is 0 Å². The lowest BCUT2D eigenvalue weighted by molar-refractivity contribution is 0.0696. The summed E-state index contributed by atoms with van der Waals surface area (Å²) in [6.45, 7) is 0.0919. The van der Waals surface area contributed by atoms with Crippen LogP contribution in [0.15, 0.2) is 34.9 Å². The number of hydrogen-bond donors (Lipinski definition) is 1. The average molecular weight is 287 g/mol. The molecule has 4 nitrogen and oxygen atoms in total. The van der Waals surface area contributed by atoms with E-state index in [2.05, 4.69) is 0 Å². The first kappa shape index (κ1) is 12.8. The van der Waals surface area contributed by atoms with Crippen molar-refractivity contribution >= 4 is 29.2 Å². The third-order valence-electron chi connectivity index (χ3n) is 2.16. The number of benzene rings is 1. The van der Waals surface area contributed by atoms with Gasteiger partial charge in [0.05, 0.1) is 10.6 Å². The van der Waals surface area contributed by atoms with Crippen molar-refractivity contribution in [2.75, 3.05) is 0 Å². The van der Waals surface area contributed by atoms with Crippen LogP contribution < -0.4 is 4.74 Å². The molecule has 0 spiro atoms. The summed E-state index contributed by atoms with van der Waals surface area (Å²) in [5.74, 6) is -0.192. The van der Waals surface area contributed by atoms with Crippen LogP contribution in [0.5, 0.6) is 5.75 Å². The number of rotatable bonds is 4. The smallest absolute Gasteiger partial charge is 0.338 e. The van der Waals surface area contributed by atoms with E-state index in [0.29, 0.717) is 21.6 Å². The second kappa shape index (κ2) is 5.33. The molecule has 1 N–H and O–H groups in total. The van der Waals surface area contributed by atoms with Crippen LogP contribution in [0.25, 0.3) is 0 Å². The molecule has 18 heavy (non-hydrogen) atoms. The lowest BCUT2D eigenvalue weighted by Gasteiger charge is -2.06. The Balaban J connectivity index is 2.04. The van der Waals surface area contributed by atoms with Gasteiger partial charge in [-0.1, -0.05) is 23.2 Å². The van der Waals surface area contributed by atoms with Gasteiger partial charge >= 0.3 is 5.97 Å². The first-order valence-electron chi connectivity index (χ1n) is 4.95. The fourth-order valence-corrected chi connectivity index (χ4v) is 1.77. The lowest BCUT2D eigenvalue weighted by Crippen LogP contribution is -1.95. The number of hydrogen-bond acceptors (Lipinski definition) is 3. The molecule has 0 saturated carbocycles. The molecule has 0 unspecified atom stereocenters. The zero-order chi connectivity index (χ0) is 13.1. The maximum absolute atomic E-state index is 10.6. The minimum Gasteiger partial charge on any atom is -0.484 e. The van der Waals surface area contributed by atoms with E-state index in [1.807, 2.05) is 0 Å². The topological polar surface area (TPSA) is 59.7 Å². The second-order valence-corrected chi connectivity index (χ2v) is 4.31. The first-order valence-corrected chi connectivity index (χ1v) is 5.70. The molecular weight excluding hydrogens is 279 g/mol. The standard InChI is InChI=1S/C12H8Cl2O4/c13-8-1-2-11(10(14)4-8)18-6-9-3-7(5-17-9)12(15)16/h1-5H,6H2,(H,15,16). The Labute approximate surface area is 113 Å². The van der Waals surface area contributed by atoms with Crippen LogP contribution in [0, 0.1) is 0 Å². The van der Waals surface area contributed by atoms with Crippen molar-refractivity contribution in [3.05, 3.63) is 51.9 Å². The highest BCUT2D eigenvalue weighted by Gasteiger charge is 2.09. The summed E-state index contributed by atoms with van der Waals surface area (Å²) < 4.78 is 10.4. The largest absolute Gasteiger partial charge is 0.484 e. The van der Waals surface area contributed by atoms with Gasteiger partial charge in [0.1, 0.15) is 24.4 Å². The number of carbonyl (C=O) groups is 1. The van der Waals surface area contributed by atoms with Gasteiger partial charge in [0.15, 0.2) is 0 Å². The Morgan fingerprint density at radius 3 is 2.72 bits per heavy atom. The van der Waals surface area contributed by atoms with E-state index in [-0.39, 0.29) is 12.2 Å². The SMILES string of the molecule is O=C(O)c1coc(COc2ccc(Cl)cc2Cl)c1. The molecule has 2 rings (SSSR count). The summed E-state index contributed by atoms with van der Waals surface area (Å²) in [5, 5.41) is 9.62. The van der Waals surface area contributed by atoms with Crippen LogP contribution in [-0.4, -0.2) is 11.1 Å². The van der Waals surface area contributed by atoms with Crippen LogP contribution in [0.3, 0.4) is 0 Å². The molecule has 0 aliphatic rings. The Morgan fingerprint density at radius 1 is 1.33 bits per heavy atom. The van der Waals surface area contributed by atoms with Crippen molar-refractivity contribution in [2.45, 2.75) is 6.61 Å². The van der Waals surface area contributed by atoms with Crippen molar-refractivity contribution in [2.24, 2.45) is 0 Å². The maximum atomic E-state index is 10.6. The summed E-state index contributed by atoms with van der Waals surface area (Å²) in [5.41, 5.74) is 0.0794. The number of furan rings is 1. The molecule has 0 amide bonds. The van der Waals surface area contributed by atoms with E-state index in [9.17, 15) is 4.79 Å². The maximum Gasteiger partial charge on any atom is 0.338 e. The first-order chi connectivity index (χ1) is 8.56. The zero-order valence-electron chi connectivity index (χ0n) is 9.02. The van der Waals surface area contributed by atoms with E-state index in [1.54, 1.807) is 18.2 Å². The van der Waals surface area contributed by atoms with Crippen molar-refractivity contribution in [1.82, 2.24) is 0 Å². The van der Waals surface area contributed by atoms with E-state index in [4.69, 9.17) is 37.5 Å². The van der Waals surface area contributed by atoms with Gasteiger partial charge < -0.3 is 14.3 Å². The summed E-state index contributed by atoms with van der Waals surface area (Å²) >= 11 is 11.7. The van der Waals surface area contributed by atoms with Gasteiger partial charge in [-0.05, 0) is 24.3 Å². The Morgan fingerprint density at radius 2 is 2.11 bits per heavy atom. The second-order valence-electron chi connectivity index (χ2n) is 3.47. The van der Waals surface area contributed by atoms with Crippen LogP contribution in [0.1, 0.15) is 16.1 Å². The molecule has 0 atom stereocenters. The van der Waals surface area contributed by atoms with Gasteiger partial charge in [0.2, 0.25) is 0 Å². The van der Waals surface area contributed by atoms with Gasteiger partial charge in [-0.3, -0.25) is 0 Å². The molecule has 2 aromatic rings. The van der Waals surface area contributed by atoms with Crippen molar-refractivity contribution < 1.29 is 19.1 Å². The van der Waals surface area contributed by atoms with Crippen molar-refractivity contribution in [3.63, 3.8) is 0 Å². The van der Waals surface area contributed by atoms with E-state index >= 15 is 0 Å². The minimum absolute atomic E-state index is 0.0794. The predicted octanol–water partition coefficient (Wildman–Crippen LogP) is 3.86. The van der Waals surface area contributed by atoms with Crippen LogP contribution in [-0.2, 0) is 6.61 Å². The van der Waals surface area contributed by atoms with Crippen LogP contribution >= 0.6 is 23.2 Å². The molecule has 0 fully saturated rings. The molecular formula is C12H8Cl2O4. The normalized spacial score (nSPS) is 10.3. The quantitative estimate of drug-likeness (QED) is 0.927. The van der Waals surface area contributed by atoms with Gasteiger partial charge in [-0.15, -0.1) is 0 Å². The van der Waals surface area contributed by atoms with Gasteiger partial charge in [-0.25, -0.2) is 4.79 Å².